The molecule has 0 bridgehead atoms. The molecule has 0 atom stereocenters. The van der Waals surface area contributed by atoms with Crippen molar-refractivity contribution in [3.8, 4) is 0 Å². The van der Waals surface area contributed by atoms with E-state index in [9.17, 15) is 9.59 Å². The molecule has 0 radical (unpaired) electrons. The van der Waals surface area contributed by atoms with E-state index in [2.05, 4.69) is 37.6 Å². The van der Waals surface area contributed by atoms with E-state index in [4.69, 9.17) is 4.42 Å². The number of amides is 2. The summed E-state index contributed by atoms with van der Waals surface area (Å²) >= 11 is 0. The number of unbranched alkanes of at least 4 members (excludes halogenated alkanes) is 1. The third kappa shape index (κ3) is 7.11. The number of hydrogen-bond acceptors (Lipinski definition) is 3. The van der Waals surface area contributed by atoms with Crippen LogP contribution in [0, 0.1) is 5.92 Å². The van der Waals surface area contributed by atoms with Crippen molar-refractivity contribution in [3.63, 3.8) is 0 Å². The Hall–Kier alpha value is -2.50. The molecule has 0 saturated carbocycles. The van der Waals surface area contributed by atoms with Gasteiger partial charge in [-0.15, -0.1) is 0 Å². The van der Waals surface area contributed by atoms with Gasteiger partial charge >= 0.3 is 0 Å². The van der Waals surface area contributed by atoms with Crippen molar-refractivity contribution in [1.29, 1.82) is 0 Å². The van der Waals surface area contributed by atoms with Crippen LogP contribution < -0.4 is 5.32 Å². The SMILES string of the molecule is CCCCNC(=O)c1ccc(Cn2cccc2CN(CCC)C(=O)CC(C)C)o1. The molecule has 0 aliphatic rings. The summed E-state index contributed by atoms with van der Waals surface area (Å²) < 4.78 is 7.82. The van der Waals surface area contributed by atoms with Crippen LogP contribution in [-0.4, -0.2) is 34.4 Å². The predicted octanol–water partition coefficient (Wildman–Crippen LogP) is 4.44. The smallest absolute Gasteiger partial charge is 0.286 e. The molecule has 0 fully saturated rings. The quantitative estimate of drug-likeness (QED) is 0.535. The Balaban J connectivity index is 2.02. The van der Waals surface area contributed by atoms with Crippen LogP contribution in [0.15, 0.2) is 34.9 Å². The molecular formula is C23H35N3O3. The van der Waals surface area contributed by atoms with E-state index in [1.807, 2.05) is 29.3 Å². The molecule has 29 heavy (non-hydrogen) atoms. The number of furan rings is 1. The van der Waals surface area contributed by atoms with E-state index in [-0.39, 0.29) is 11.8 Å². The van der Waals surface area contributed by atoms with Gasteiger partial charge in [0.25, 0.3) is 5.91 Å². The average Bonchev–Trinajstić information content (AvgIpc) is 3.31. The highest BCUT2D eigenvalue weighted by Crippen LogP contribution is 2.15. The summed E-state index contributed by atoms with van der Waals surface area (Å²) in [6.45, 7) is 10.8. The minimum Gasteiger partial charge on any atom is -0.454 e. The van der Waals surface area contributed by atoms with Gasteiger partial charge < -0.3 is 19.2 Å². The van der Waals surface area contributed by atoms with Crippen LogP contribution in [0.25, 0.3) is 0 Å². The zero-order chi connectivity index (χ0) is 21.2. The maximum Gasteiger partial charge on any atom is 0.286 e. The van der Waals surface area contributed by atoms with Crippen LogP contribution in [0.5, 0.6) is 0 Å². The normalized spacial score (nSPS) is 11.1. The van der Waals surface area contributed by atoms with E-state index in [1.54, 1.807) is 6.07 Å². The van der Waals surface area contributed by atoms with Crippen LogP contribution in [0.4, 0.5) is 0 Å². The Morgan fingerprint density at radius 2 is 1.97 bits per heavy atom. The molecule has 6 nitrogen and oxygen atoms in total. The maximum atomic E-state index is 12.6. The summed E-state index contributed by atoms with van der Waals surface area (Å²) in [5, 5.41) is 2.87. The molecule has 2 rings (SSSR count). The molecular weight excluding hydrogens is 366 g/mol. The van der Waals surface area contributed by atoms with Gasteiger partial charge in [0.15, 0.2) is 5.76 Å². The van der Waals surface area contributed by atoms with Crippen molar-refractivity contribution >= 4 is 11.8 Å². The van der Waals surface area contributed by atoms with Crippen LogP contribution in [-0.2, 0) is 17.9 Å². The first-order valence-corrected chi connectivity index (χ1v) is 10.7. The molecule has 0 spiro atoms. The fourth-order valence-corrected chi connectivity index (χ4v) is 3.20. The number of nitrogens with one attached hydrogen (secondary N) is 1. The highest BCUT2D eigenvalue weighted by molar-refractivity contribution is 5.91. The molecule has 2 heterocycles. The van der Waals surface area contributed by atoms with Crippen molar-refractivity contribution in [2.45, 2.75) is 66.5 Å². The second-order valence-corrected chi connectivity index (χ2v) is 7.92. The van der Waals surface area contributed by atoms with E-state index in [1.165, 1.54) is 0 Å². The summed E-state index contributed by atoms with van der Waals surface area (Å²) in [4.78, 5) is 26.6. The van der Waals surface area contributed by atoms with Gasteiger partial charge in [0.2, 0.25) is 5.91 Å². The topological polar surface area (TPSA) is 67.5 Å². The van der Waals surface area contributed by atoms with Gasteiger partial charge in [-0.2, -0.15) is 0 Å². The van der Waals surface area contributed by atoms with Gasteiger partial charge in [0.1, 0.15) is 5.76 Å². The number of aromatic nitrogens is 1. The fraction of sp³-hybridized carbons (Fsp3) is 0.565. The van der Waals surface area contributed by atoms with Gasteiger partial charge in [-0.3, -0.25) is 9.59 Å². The highest BCUT2D eigenvalue weighted by Gasteiger charge is 2.17. The molecule has 0 saturated heterocycles. The van der Waals surface area contributed by atoms with Crippen LogP contribution in [0.2, 0.25) is 0 Å². The largest absolute Gasteiger partial charge is 0.454 e. The van der Waals surface area contributed by atoms with Crippen molar-refractivity contribution in [1.82, 2.24) is 14.8 Å². The Kier molecular flexibility index (Phi) is 9.03. The number of carbonyl (C=O) groups is 2. The molecule has 1 N–H and O–H groups in total. The molecule has 0 unspecified atom stereocenters. The predicted molar refractivity (Wildman–Crippen MR) is 115 cm³/mol. The lowest BCUT2D eigenvalue weighted by Crippen LogP contribution is -2.32. The van der Waals surface area contributed by atoms with Crippen LogP contribution >= 0.6 is 0 Å². The van der Waals surface area contributed by atoms with E-state index in [0.29, 0.717) is 37.7 Å². The monoisotopic (exact) mass is 401 g/mol. The Morgan fingerprint density at radius 3 is 2.66 bits per heavy atom. The van der Waals surface area contributed by atoms with E-state index in [0.717, 1.165) is 37.3 Å². The van der Waals surface area contributed by atoms with Gasteiger partial charge in [0, 0.05) is 31.4 Å². The van der Waals surface area contributed by atoms with E-state index >= 15 is 0 Å². The zero-order valence-corrected chi connectivity index (χ0v) is 18.2. The molecule has 0 aliphatic carbocycles. The number of hydrogen-bond donors (Lipinski definition) is 1. The molecule has 160 valence electrons. The molecule has 2 amide bonds. The molecule has 2 aromatic heterocycles. The summed E-state index contributed by atoms with van der Waals surface area (Å²) in [7, 11) is 0. The third-order valence-corrected chi connectivity index (χ3v) is 4.73. The summed E-state index contributed by atoms with van der Waals surface area (Å²) in [6, 6.07) is 7.57. The number of nitrogens with zero attached hydrogens (tertiary/aromatic N) is 2. The van der Waals surface area contributed by atoms with Crippen molar-refractivity contribution in [3.05, 3.63) is 47.7 Å². The zero-order valence-electron chi connectivity index (χ0n) is 18.2. The third-order valence-electron chi connectivity index (χ3n) is 4.73. The molecule has 6 heteroatoms. The first-order valence-electron chi connectivity index (χ1n) is 10.7. The van der Waals surface area contributed by atoms with Crippen molar-refractivity contribution in [2.75, 3.05) is 13.1 Å². The number of rotatable bonds is 12. The van der Waals surface area contributed by atoms with Gasteiger partial charge in [-0.1, -0.05) is 34.1 Å². The Bertz CT molecular complexity index is 776. The Labute approximate surface area is 174 Å². The second-order valence-electron chi connectivity index (χ2n) is 7.92. The molecule has 0 aromatic carbocycles. The minimum atomic E-state index is -0.175. The molecule has 0 aliphatic heterocycles. The van der Waals surface area contributed by atoms with Gasteiger partial charge in [0.05, 0.1) is 13.1 Å². The average molecular weight is 402 g/mol. The summed E-state index contributed by atoms with van der Waals surface area (Å²) in [6.07, 6.45) is 5.47. The number of carbonyl (C=O) groups excluding carboxylic acids is 2. The van der Waals surface area contributed by atoms with Gasteiger partial charge in [-0.05, 0) is 43.0 Å². The lowest BCUT2D eigenvalue weighted by molar-refractivity contribution is -0.132. The standard InChI is InChI=1S/C23H35N3O3/c1-5-7-12-24-23(28)21-11-10-20(29-21)17-25-14-8-9-19(25)16-26(13-6-2)22(27)15-18(3)4/h8-11,14,18H,5-7,12-13,15-17H2,1-4H3,(H,24,28). The maximum absolute atomic E-state index is 12.6. The summed E-state index contributed by atoms with van der Waals surface area (Å²) in [5.74, 6) is 1.42. The van der Waals surface area contributed by atoms with Crippen molar-refractivity contribution < 1.29 is 14.0 Å². The first-order chi connectivity index (χ1) is 13.9. The second kappa shape index (κ2) is 11.5. The lowest BCUT2D eigenvalue weighted by Gasteiger charge is -2.24. The first kappa shape index (κ1) is 22.8. The Morgan fingerprint density at radius 1 is 1.17 bits per heavy atom. The minimum absolute atomic E-state index is 0.175. The fourth-order valence-electron chi connectivity index (χ4n) is 3.20. The van der Waals surface area contributed by atoms with Gasteiger partial charge in [-0.25, -0.2) is 0 Å². The van der Waals surface area contributed by atoms with Crippen LogP contribution in [0.3, 0.4) is 0 Å². The van der Waals surface area contributed by atoms with Crippen molar-refractivity contribution in [2.24, 2.45) is 5.92 Å². The molecule has 2 aromatic rings. The summed E-state index contributed by atoms with van der Waals surface area (Å²) in [5.41, 5.74) is 1.06. The van der Waals surface area contributed by atoms with Crippen LogP contribution in [0.1, 0.15) is 75.4 Å². The highest BCUT2D eigenvalue weighted by atomic mass is 16.4. The lowest BCUT2D eigenvalue weighted by atomic mass is 10.1. The van der Waals surface area contributed by atoms with E-state index < -0.39 is 0 Å².